The van der Waals surface area contributed by atoms with Crippen LogP contribution in [-0.2, 0) is 24.4 Å². The molecule has 0 saturated heterocycles. The van der Waals surface area contributed by atoms with Gasteiger partial charge in [-0.05, 0) is 19.9 Å². The average Bonchev–Trinajstić information content (AvgIpc) is 2.94. The van der Waals surface area contributed by atoms with Crippen molar-refractivity contribution in [1.29, 1.82) is 0 Å². The summed E-state index contributed by atoms with van der Waals surface area (Å²) < 4.78 is 3.38. The molecule has 0 aliphatic carbocycles. The van der Waals surface area contributed by atoms with Gasteiger partial charge in [0.2, 0.25) is 5.91 Å². The Balaban J connectivity index is 1.89. The molecular weight excluding hydrogens is 266 g/mol. The van der Waals surface area contributed by atoms with Gasteiger partial charge in [-0.25, -0.2) is 0 Å². The predicted molar refractivity (Wildman–Crippen MR) is 71.7 cm³/mol. The van der Waals surface area contributed by atoms with E-state index in [4.69, 9.17) is 11.6 Å². The lowest BCUT2D eigenvalue weighted by Gasteiger charge is -2.05. The highest BCUT2D eigenvalue weighted by Gasteiger charge is 2.09. The minimum absolute atomic E-state index is 0.117. The van der Waals surface area contributed by atoms with Crippen molar-refractivity contribution in [3.05, 3.63) is 34.9 Å². The molecule has 2 aromatic heterocycles. The van der Waals surface area contributed by atoms with Crippen LogP contribution in [0.2, 0.25) is 5.02 Å². The molecule has 0 aromatic carbocycles. The topological polar surface area (TPSA) is 64.7 Å². The standard InChI is InChI=1S/C12H16ClN5O/c1-3-17-7-10(13)11(16-17)6-14-12(19)8-18-9(2)4-5-15-18/h4-5,7H,3,6,8H2,1-2H3,(H,14,19). The maximum atomic E-state index is 11.8. The summed E-state index contributed by atoms with van der Waals surface area (Å²) in [6, 6.07) is 1.85. The minimum atomic E-state index is -0.117. The summed E-state index contributed by atoms with van der Waals surface area (Å²) in [4.78, 5) is 11.8. The van der Waals surface area contributed by atoms with Crippen molar-refractivity contribution in [3.8, 4) is 0 Å². The average molecular weight is 282 g/mol. The fraction of sp³-hybridized carbons (Fsp3) is 0.417. The van der Waals surface area contributed by atoms with E-state index in [1.165, 1.54) is 0 Å². The summed E-state index contributed by atoms with van der Waals surface area (Å²) >= 11 is 6.02. The van der Waals surface area contributed by atoms with Crippen LogP contribution in [0.5, 0.6) is 0 Å². The maximum Gasteiger partial charge on any atom is 0.242 e. The van der Waals surface area contributed by atoms with Crippen molar-refractivity contribution in [1.82, 2.24) is 24.9 Å². The molecule has 0 radical (unpaired) electrons. The summed E-state index contributed by atoms with van der Waals surface area (Å²) in [6.07, 6.45) is 3.42. The summed E-state index contributed by atoms with van der Waals surface area (Å²) in [6.45, 7) is 5.16. The number of hydrogen-bond donors (Lipinski definition) is 1. The first kappa shape index (κ1) is 13.6. The van der Waals surface area contributed by atoms with E-state index in [0.717, 1.165) is 12.2 Å². The van der Waals surface area contributed by atoms with Crippen LogP contribution in [0.3, 0.4) is 0 Å². The van der Waals surface area contributed by atoms with Gasteiger partial charge in [-0.2, -0.15) is 10.2 Å². The first-order valence-corrected chi connectivity index (χ1v) is 6.45. The highest BCUT2D eigenvalue weighted by Crippen LogP contribution is 2.13. The predicted octanol–water partition coefficient (Wildman–Crippen LogP) is 1.38. The first-order valence-electron chi connectivity index (χ1n) is 6.07. The van der Waals surface area contributed by atoms with Gasteiger partial charge in [-0.3, -0.25) is 14.2 Å². The SMILES string of the molecule is CCn1cc(Cl)c(CNC(=O)Cn2nccc2C)n1. The van der Waals surface area contributed by atoms with Gasteiger partial charge in [0.15, 0.2) is 0 Å². The number of aryl methyl sites for hydroxylation is 2. The Kier molecular flexibility index (Phi) is 4.21. The lowest BCUT2D eigenvalue weighted by atomic mass is 10.4. The van der Waals surface area contributed by atoms with Crippen molar-refractivity contribution >= 4 is 17.5 Å². The van der Waals surface area contributed by atoms with E-state index in [-0.39, 0.29) is 12.5 Å². The Hall–Kier alpha value is -1.82. The molecule has 1 N–H and O–H groups in total. The van der Waals surface area contributed by atoms with E-state index in [9.17, 15) is 4.79 Å². The molecular formula is C12H16ClN5O. The third-order valence-electron chi connectivity index (χ3n) is 2.79. The molecule has 19 heavy (non-hydrogen) atoms. The molecule has 2 aromatic rings. The lowest BCUT2D eigenvalue weighted by molar-refractivity contribution is -0.122. The molecule has 6 nitrogen and oxygen atoms in total. The number of nitrogens with zero attached hydrogens (tertiary/aromatic N) is 4. The largest absolute Gasteiger partial charge is 0.349 e. The molecule has 0 aliphatic heterocycles. The van der Waals surface area contributed by atoms with Gasteiger partial charge in [-0.15, -0.1) is 0 Å². The van der Waals surface area contributed by atoms with Crippen molar-refractivity contribution in [3.63, 3.8) is 0 Å². The molecule has 102 valence electrons. The number of carbonyl (C=O) groups is 1. The third-order valence-corrected chi connectivity index (χ3v) is 3.10. The molecule has 0 atom stereocenters. The molecule has 0 spiro atoms. The van der Waals surface area contributed by atoms with Crippen molar-refractivity contribution in [2.45, 2.75) is 33.5 Å². The molecule has 0 bridgehead atoms. The van der Waals surface area contributed by atoms with Crippen LogP contribution in [0.15, 0.2) is 18.5 Å². The Morgan fingerprint density at radius 2 is 2.32 bits per heavy atom. The van der Waals surface area contributed by atoms with Gasteiger partial charge in [-0.1, -0.05) is 11.6 Å². The molecule has 0 fully saturated rings. The number of carbonyl (C=O) groups excluding carboxylic acids is 1. The smallest absolute Gasteiger partial charge is 0.242 e. The Morgan fingerprint density at radius 1 is 1.53 bits per heavy atom. The second kappa shape index (κ2) is 5.88. The molecule has 2 rings (SSSR count). The first-order chi connectivity index (χ1) is 9.10. The summed E-state index contributed by atoms with van der Waals surface area (Å²) in [7, 11) is 0. The van der Waals surface area contributed by atoms with Gasteiger partial charge < -0.3 is 5.32 Å². The second-order valence-electron chi connectivity index (χ2n) is 4.19. The number of aromatic nitrogens is 4. The molecule has 0 saturated carbocycles. The quantitative estimate of drug-likeness (QED) is 0.900. The van der Waals surface area contributed by atoms with E-state index in [1.54, 1.807) is 21.8 Å². The van der Waals surface area contributed by atoms with Gasteiger partial charge in [0.25, 0.3) is 0 Å². The summed E-state index contributed by atoms with van der Waals surface area (Å²) in [5, 5.41) is 11.7. The third kappa shape index (κ3) is 3.35. The number of nitrogens with one attached hydrogen (secondary N) is 1. The monoisotopic (exact) mass is 281 g/mol. The molecule has 1 amide bonds. The molecule has 0 aliphatic rings. The maximum absolute atomic E-state index is 11.8. The fourth-order valence-electron chi connectivity index (χ4n) is 1.66. The molecule has 7 heteroatoms. The van der Waals surface area contributed by atoms with Crippen molar-refractivity contribution in [2.75, 3.05) is 0 Å². The number of amides is 1. The number of rotatable bonds is 5. The van der Waals surface area contributed by atoms with Gasteiger partial charge in [0.1, 0.15) is 12.2 Å². The van der Waals surface area contributed by atoms with Crippen LogP contribution in [-0.4, -0.2) is 25.5 Å². The molecule has 0 unspecified atom stereocenters. The Bertz CT molecular complexity index is 574. The Labute approximate surface area is 116 Å². The van der Waals surface area contributed by atoms with E-state index in [1.807, 2.05) is 19.9 Å². The van der Waals surface area contributed by atoms with Gasteiger partial charge in [0, 0.05) is 24.6 Å². The van der Waals surface area contributed by atoms with Crippen LogP contribution >= 0.6 is 11.6 Å². The van der Waals surface area contributed by atoms with Crippen LogP contribution < -0.4 is 5.32 Å². The molecule has 2 heterocycles. The van der Waals surface area contributed by atoms with Crippen molar-refractivity contribution in [2.24, 2.45) is 0 Å². The van der Waals surface area contributed by atoms with Crippen LogP contribution in [0.25, 0.3) is 0 Å². The van der Waals surface area contributed by atoms with Crippen LogP contribution in [0.1, 0.15) is 18.3 Å². The van der Waals surface area contributed by atoms with E-state index in [2.05, 4.69) is 15.5 Å². The van der Waals surface area contributed by atoms with Gasteiger partial charge in [0.05, 0.1) is 11.6 Å². The van der Waals surface area contributed by atoms with E-state index < -0.39 is 0 Å². The zero-order chi connectivity index (χ0) is 13.8. The highest BCUT2D eigenvalue weighted by atomic mass is 35.5. The van der Waals surface area contributed by atoms with Crippen LogP contribution in [0.4, 0.5) is 0 Å². The summed E-state index contributed by atoms with van der Waals surface area (Å²) in [5.74, 6) is -0.117. The highest BCUT2D eigenvalue weighted by molar-refractivity contribution is 6.31. The Morgan fingerprint density at radius 3 is 2.89 bits per heavy atom. The van der Waals surface area contributed by atoms with Crippen LogP contribution in [0, 0.1) is 6.92 Å². The zero-order valence-electron chi connectivity index (χ0n) is 10.9. The number of halogens is 1. The van der Waals surface area contributed by atoms with Gasteiger partial charge >= 0.3 is 0 Å². The lowest BCUT2D eigenvalue weighted by Crippen LogP contribution is -2.28. The van der Waals surface area contributed by atoms with E-state index >= 15 is 0 Å². The normalized spacial score (nSPS) is 10.7. The summed E-state index contributed by atoms with van der Waals surface area (Å²) in [5.41, 5.74) is 1.62. The fourth-order valence-corrected chi connectivity index (χ4v) is 1.87. The minimum Gasteiger partial charge on any atom is -0.349 e. The zero-order valence-corrected chi connectivity index (χ0v) is 11.7. The van der Waals surface area contributed by atoms with Crippen molar-refractivity contribution < 1.29 is 4.79 Å². The second-order valence-corrected chi connectivity index (χ2v) is 4.59. The number of hydrogen-bond acceptors (Lipinski definition) is 3. The van der Waals surface area contributed by atoms with E-state index in [0.29, 0.717) is 17.3 Å².